The molecule has 2 N–H and O–H groups in total. The van der Waals surface area contributed by atoms with Gasteiger partial charge < -0.3 is 5.32 Å². The Morgan fingerprint density at radius 2 is 1.88 bits per heavy atom. The first-order chi connectivity index (χ1) is 12.2. The van der Waals surface area contributed by atoms with Crippen LogP contribution >= 0.6 is 11.8 Å². The van der Waals surface area contributed by atoms with Crippen LogP contribution in [0, 0.1) is 5.82 Å². The molecule has 0 saturated carbocycles. The first-order valence-corrected chi connectivity index (χ1v) is 9.75. The predicted octanol–water partition coefficient (Wildman–Crippen LogP) is 3.69. The summed E-state index contributed by atoms with van der Waals surface area (Å²) in [6.07, 6.45) is 0. The first-order valence-electron chi connectivity index (χ1n) is 7.39. The molecule has 10 heteroatoms. The number of amides is 1. The molecule has 2 aromatic rings. The van der Waals surface area contributed by atoms with Gasteiger partial charge in [0, 0.05) is 11.4 Å². The molecule has 0 saturated heterocycles. The smallest absolute Gasteiger partial charge is 0.288 e. The Balaban J connectivity index is 2.34. The van der Waals surface area contributed by atoms with Crippen molar-refractivity contribution in [3.63, 3.8) is 0 Å². The van der Waals surface area contributed by atoms with Gasteiger partial charge in [-0.2, -0.15) is 8.78 Å². The molecule has 0 aliphatic rings. The molecule has 140 valence electrons. The van der Waals surface area contributed by atoms with E-state index in [9.17, 15) is 26.4 Å². The molecular weight excluding hydrogens is 389 g/mol. The molecule has 0 bridgehead atoms. The lowest BCUT2D eigenvalue weighted by Gasteiger charge is -2.12. The number of sulfonamides is 1. The Bertz CT molecular complexity index is 905. The van der Waals surface area contributed by atoms with Crippen molar-refractivity contribution in [2.45, 2.75) is 22.5 Å². The standard InChI is InChI=1S/C16H15F3N2O3S2/c1-2-20-26(23,24)10-7-8-12(17)11(9-10)15(22)21-13-5-3-4-6-14(13)25-16(18)19/h3-9,16,20H,2H2,1H3,(H,21,22). The third-order valence-electron chi connectivity index (χ3n) is 3.18. The van der Waals surface area contributed by atoms with Crippen LogP contribution in [0.2, 0.25) is 0 Å². The van der Waals surface area contributed by atoms with Gasteiger partial charge in [0.2, 0.25) is 10.0 Å². The van der Waals surface area contributed by atoms with Gasteiger partial charge >= 0.3 is 0 Å². The van der Waals surface area contributed by atoms with Gasteiger partial charge in [0.25, 0.3) is 11.7 Å². The van der Waals surface area contributed by atoms with E-state index in [1.54, 1.807) is 6.92 Å². The molecule has 2 rings (SSSR count). The maximum absolute atomic E-state index is 14.0. The molecule has 0 radical (unpaired) electrons. The second-order valence-corrected chi connectivity index (χ2v) is 7.77. The average Bonchev–Trinajstić information content (AvgIpc) is 2.56. The van der Waals surface area contributed by atoms with Crippen LogP contribution in [0.4, 0.5) is 18.9 Å². The summed E-state index contributed by atoms with van der Waals surface area (Å²) in [5.74, 6) is -4.58. The minimum absolute atomic E-state index is 0.0714. The van der Waals surface area contributed by atoms with Crippen molar-refractivity contribution in [1.82, 2.24) is 4.72 Å². The Morgan fingerprint density at radius 1 is 1.19 bits per heavy atom. The van der Waals surface area contributed by atoms with E-state index in [4.69, 9.17) is 0 Å². The molecule has 0 aliphatic carbocycles. The first kappa shape index (κ1) is 20.3. The van der Waals surface area contributed by atoms with Crippen molar-refractivity contribution < 1.29 is 26.4 Å². The highest BCUT2D eigenvalue weighted by molar-refractivity contribution is 7.99. The molecule has 0 aliphatic heterocycles. The van der Waals surface area contributed by atoms with Gasteiger partial charge in [0.1, 0.15) is 5.82 Å². The average molecular weight is 404 g/mol. The highest BCUT2D eigenvalue weighted by atomic mass is 32.2. The van der Waals surface area contributed by atoms with Gasteiger partial charge in [-0.3, -0.25) is 4.79 Å². The van der Waals surface area contributed by atoms with Crippen molar-refractivity contribution in [3.05, 3.63) is 53.8 Å². The summed E-state index contributed by atoms with van der Waals surface area (Å²) in [4.78, 5) is 12.2. The molecule has 2 aromatic carbocycles. The van der Waals surface area contributed by atoms with Gasteiger partial charge in [-0.25, -0.2) is 17.5 Å². The Labute approximate surface area is 153 Å². The molecule has 0 fully saturated rings. The molecule has 0 heterocycles. The number of hydrogen-bond acceptors (Lipinski definition) is 4. The fraction of sp³-hybridized carbons (Fsp3) is 0.188. The number of rotatable bonds is 7. The summed E-state index contributed by atoms with van der Waals surface area (Å²) in [5, 5.41) is 2.34. The van der Waals surface area contributed by atoms with Crippen molar-refractivity contribution in [1.29, 1.82) is 0 Å². The van der Waals surface area contributed by atoms with E-state index in [0.29, 0.717) is 0 Å². The van der Waals surface area contributed by atoms with Crippen LogP contribution in [0.3, 0.4) is 0 Å². The third-order valence-corrected chi connectivity index (χ3v) is 5.51. The Kier molecular flexibility index (Phi) is 6.68. The van der Waals surface area contributed by atoms with Crippen LogP contribution in [-0.4, -0.2) is 26.6 Å². The van der Waals surface area contributed by atoms with Crippen LogP contribution < -0.4 is 10.0 Å². The second-order valence-electron chi connectivity index (χ2n) is 4.97. The van der Waals surface area contributed by atoms with Crippen molar-refractivity contribution in [2.75, 3.05) is 11.9 Å². The van der Waals surface area contributed by atoms with Crippen LogP contribution in [0.5, 0.6) is 0 Å². The molecule has 26 heavy (non-hydrogen) atoms. The number of para-hydroxylation sites is 1. The number of thioether (sulfide) groups is 1. The monoisotopic (exact) mass is 404 g/mol. The molecule has 0 spiro atoms. The summed E-state index contributed by atoms with van der Waals surface area (Å²) in [7, 11) is -3.88. The van der Waals surface area contributed by atoms with E-state index < -0.39 is 33.1 Å². The van der Waals surface area contributed by atoms with E-state index in [1.165, 1.54) is 24.3 Å². The number of hydrogen-bond donors (Lipinski definition) is 2. The highest BCUT2D eigenvalue weighted by Gasteiger charge is 2.20. The van der Waals surface area contributed by atoms with Gasteiger partial charge in [-0.15, -0.1) is 0 Å². The number of nitrogens with one attached hydrogen (secondary N) is 2. The van der Waals surface area contributed by atoms with Crippen LogP contribution in [0.15, 0.2) is 52.3 Å². The van der Waals surface area contributed by atoms with Crippen LogP contribution in [0.1, 0.15) is 17.3 Å². The summed E-state index contributed by atoms with van der Waals surface area (Å²) >= 11 is 0.233. The van der Waals surface area contributed by atoms with Crippen LogP contribution in [-0.2, 0) is 10.0 Å². The third kappa shape index (κ3) is 4.99. The largest absolute Gasteiger partial charge is 0.321 e. The van der Waals surface area contributed by atoms with Gasteiger partial charge in [-0.05, 0) is 30.3 Å². The van der Waals surface area contributed by atoms with Gasteiger partial charge in [-0.1, -0.05) is 30.8 Å². The van der Waals surface area contributed by atoms with E-state index >= 15 is 0 Å². The zero-order chi connectivity index (χ0) is 19.3. The summed E-state index contributed by atoms with van der Waals surface area (Å²) in [5.41, 5.74) is -0.442. The maximum Gasteiger partial charge on any atom is 0.288 e. The maximum atomic E-state index is 14.0. The molecule has 0 unspecified atom stereocenters. The highest BCUT2D eigenvalue weighted by Crippen LogP contribution is 2.32. The number of alkyl halides is 2. The van der Waals surface area contributed by atoms with E-state index in [-0.39, 0.29) is 33.8 Å². The normalized spacial score (nSPS) is 11.6. The second kappa shape index (κ2) is 8.56. The fourth-order valence-electron chi connectivity index (χ4n) is 2.08. The number of anilines is 1. The van der Waals surface area contributed by atoms with E-state index in [2.05, 4.69) is 10.0 Å². The van der Waals surface area contributed by atoms with Crippen molar-refractivity contribution in [2.24, 2.45) is 0 Å². The summed E-state index contributed by atoms with van der Waals surface area (Å²) in [6.45, 7) is 1.70. The SMILES string of the molecule is CCNS(=O)(=O)c1ccc(F)c(C(=O)Nc2ccccc2SC(F)F)c1. The number of carbonyl (C=O) groups excluding carboxylic acids is 1. The van der Waals surface area contributed by atoms with E-state index in [1.807, 2.05) is 0 Å². The quantitative estimate of drug-likeness (QED) is 0.690. The number of carbonyl (C=O) groups is 1. The van der Waals surface area contributed by atoms with Crippen molar-refractivity contribution in [3.8, 4) is 0 Å². The predicted molar refractivity (Wildman–Crippen MR) is 93.5 cm³/mol. The molecule has 0 aromatic heterocycles. The lowest BCUT2D eigenvalue weighted by Crippen LogP contribution is -2.24. The molecule has 5 nitrogen and oxygen atoms in total. The molecule has 0 atom stereocenters. The van der Waals surface area contributed by atoms with Crippen LogP contribution in [0.25, 0.3) is 0 Å². The molecular formula is C16H15F3N2O3S2. The zero-order valence-corrected chi connectivity index (χ0v) is 15.1. The summed E-state index contributed by atoms with van der Waals surface area (Å²) in [6, 6.07) is 8.60. The Morgan fingerprint density at radius 3 is 2.54 bits per heavy atom. The van der Waals surface area contributed by atoms with E-state index in [0.717, 1.165) is 18.2 Å². The lowest BCUT2D eigenvalue weighted by atomic mass is 10.2. The number of halogens is 3. The topological polar surface area (TPSA) is 75.3 Å². The minimum atomic E-state index is -3.88. The van der Waals surface area contributed by atoms with Crippen molar-refractivity contribution >= 4 is 33.4 Å². The summed E-state index contributed by atoms with van der Waals surface area (Å²) < 4.78 is 65.4. The Hall–Kier alpha value is -2.04. The zero-order valence-electron chi connectivity index (χ0n) is 13.5. The van der Waals surface area contributed by atoms with Gasteiger partial charge in [0.05, 0.1) is 16.1 Å². The minimum Gasteiger partial charge on any atom is -0.321 e. The number of benzene rings is 2. The molecule has 1 amide bonds. The van der Waals surface area contributed by atoms with Gasteiger partial charge in [0.15, 0.2) is 0 Å². The fourth-order valence-corrected chi connectivity index (χ4v) is 3.74. The lowest BCUT2D eigenvalue weighted by molar-refractivity contribution is 0.102.